The average Bonchev–Trinajstić information content (AvgIpc) is 3.43. The van der Waals surface area contributed by atoms with E-state index in [-0.39, 0.29) is 17.1 Å². The molecule has 0 spiro atoms. The minimum Gasteiger partial charge on any atom is -0.503 e. The van der Waals surface area contributed by atoms with Gasteiger partial charge in [0.05, 0.1) is 21.4 Å². The van der Waals surface area contributed by atoms with E-state index in [4.69, 9.17) is 4.52 Å². The summed E-state index contributed by atoms with van der Waals surface area (Å²) in [6, 6.07) is 9.19. The number of hydrogen-bond donors (Lipinski definition) is 1. The van der Waals surface area contributed by atoms with E-state index < -0.39 is 28.4 Å². The van der Waals surface area contributed by atoms with Gasteiger partial charge in [0.25, 0.3) is 11.6 Å². The summed E-state index contributed by atoms with van der Waals surface area (Å²) in [5, 5.41) is 27.1. The Morgan fingerprint density at radius 1 is 1.31 bits per heavy atom. The zero-order valence-corrected chi connectivity index (χ0v) is 15.8. The molecule has 0 saturated carbocycles. The van der Waals surface area contributed by atoms with Crippen LogP contribution in [0.25, 0.3) is 0 Å². The van der Waals surface area contributed by atoms with Crippen molar-refractivity contribution in [1.29, 1.82) is 0 Å². The summed E-state index contributed by atoms with van der Waals surface area (Å²) >= 11 is 1.18. The molecule has 2 aromatic heterocycles. The lowest BCUT2D eigenvalue weighted by Crippen LogP contribution is -2.31. The molecule has 3 heterocycles. The molecule has 4 rings (SSSR count). The molecule has 1 aromatic carbocycles. The van der Waals surface area contributed by atoms with Crippen LogP contribution in [0.3, 0.4) is 0 Å². The number of nitro benzene ring substituents is 1. The predicted octanol–water partition coefficient (Wildman–Crippen LogP) is 3.74. The van der Waals surface area contributed by atoms with Gasteiger partial charge in [-0.2, -0.15) is 0 Å². The summed E-state index contributed by atoms with van der Waals surface area (Å²) in [6.45, 7) is 1.64. The van der Waals surface area contributed by atoms with Gasteiger partial charge in [-0.25, -0.2) is 0 Å². The van der Waals surface area contributed by atoms with Crippen molar-refractivity contribution in [2.75, 3.05) is 4.90 Å². The third-order valence-corrected chi connectivity index (χ3v) is 5.35. The topological polar surface area (TPSA) is 127 Å². The number of aromatic nitrogens is 1. The molecule has 29 heavy (non-hydrogen) atoms. The zero-order valence-electron chi connectivity index (χ0n) is 14.9. The molecular formula is C19H13N3O6S. The quantitative estimate of drug-likeness (QED) is 0.385. The number of ketones is 1. The van der Waals surface area contributed by atoms with E-state index in [2.05, 4.69) is 5.16 Å². The average molecular weight is 411 g/mol. The van der Waals surface area contributed by atoms with Crippen LogP contribution in [0, 0.1) is 17.0 Å². The minimum atomic E-state index is -1.01. The highest BCUT2D eigenvalue weighted by Gasteiger charge is 2.46. The molecule has 1 N–H and O–H groups in total. The number of hydrogen-bond acceptors (Lipinski definition) is 8. The molecule has 146 valence electrons. The number of anilines is 1. The van der Waals surface area contributed by atoms with Gasteiger partial charge in [0.1, 0.15) is 5.76 Å². The Balaban J connectivity index is 1.86. The van der Waals surface area contributed by atoms with E-state index in [1.54, 1.807) is 24.4 Å². The van der Waals surface area contributed by atoms with E-state index in [9.17, 15) is 24.8 Å². The fraction of sp³-hybridized carbons (Fsp3) is 0.105. The minimum absolute atomic E-state index is 0.119. The number of carbonyl (C=O) groups is 2. The third-order valence-electron chi connectivity index (χ3n) is 4.48. The standard InChI is InChI=1S/C19H13N3O6S/c1-10-9-14(20-28-10)21-16(11-4-6-12(7-5-11)22(26)27)15(18(24)19(21)25)17(23)13-3-2-8-29-13/h2-9,16,24H,1H3/t16-/m1/s1. The number of aliphatic hydroxyl groups excluding tert-OH is 1. The molecule has 10 heteroatoms. The third kappa shape index (κ3) is 3.09. The maximum atomic E-state index is 13.1. The lowest BCUT2D eigenvalue weighted by molar-refractivity contribution is -0.384. The maximum absolute atomic E-state index is 13.1. The van der Waals surface area contributed by atoms with E-state index in [0.29, 0.717) is 16.2 Å². The highest BCUT2D eigenvalue weighted by Crippen LogP contribution is 2.42. The Morgan fingerprint density at radius 2 is 2.03 bits per heavy atom. The molecule has 1 amide bonds. The van der Waals surface area contributed by atoms with Crippen LogP contribution in [0.5, 0.6) is 0 Å². The molecule has 0 aliphatic carbocycles. The lowest BCUT2D eigenvalue weighted by atomic mass is 9.95. The fourth-order valence-electron chi connectivity index (χ4n) is 3.17. The monoisotopic (exact) mass is 411 g/mol. The first-order chi connectivity index (χ1) is 13.9. The number of nitrogens with zero attached hydrogens (tertiary/aromatic N) is 3. The smallest absolute Gasteiger partial charge is 0.295 e. The number of carbonyl (C=O) groups excluding carboxylic acids is 2. The number of rotatable bonds is 5. The van der Waals surface area contributed by atoms with Gasteiger partial charge in [0, 0.05) is 18.2 Å². The van der Waals surface area contributed by atoms with Gasteiger partial charge in [-0.05, 0) is 36.1 Å². The van der Waals surface area contributed by atoms with Crippen LogP contribution in [-0.2, 0) is 4.79 Å². The van der Waals surface area contributed by atoms with Crippen LogP contribution >= 0.6 is 11.3 Å². The van der Waals surface area contributed by atoms with Crippen molar-refractivity contribution in [2.45, 2.75) is 13.0 Å². The van der Waals surface area contributed by atoms with Crippen LogP contribution in [-0.4, -0.2) is 26.9 Å². The highest BCUT2D eigenvalue weighted by molar-refractivity contribution is 7.12. The maximum Gasteiger partial charge on any atom is 0.295 e. The number of thiophene rings is 1. The predicted molar refractivity (Wildman–Crippen MR) is 103 cm³/mol. The van der Waals surface area contributed by atoms with Crippen LogP contribution in [0.4, 0.5) is 11.5 Å². The summed E-state index contributed by atoms with van der Waals surface area (Å²) in [6.07, 6.45) is 0. The number of aryl methyl sites for hydroxylation is 1. The van der Waals surface area contributed by atoms with Gasteiger partial charge in [-0.15, -0.1) is 11.3 Å². The molecule has 0 unspecified atom stereocenters. The van der Waals surface area contributed by atoms with Crippen molar-refractivity contribution in [3.05, 3.63) is 85.5 Å². The Bertz CT molecular complexity index is 1150. The number of benzene rings is 1. The number of amides is 1. The van der Waals surface area contributed by atoms with Gasteiger partial charge in [0.2, 0.25) is 5.78 Å². The molecule has 0 saturated heterocycles. The Labute approximate surface area is 167 Å². The Hall–Kier alpha value is -3.79. The molecule has 1 aliphatic rings. The first-order valence-electron chi connectivity index (χ1n) is 8.41. The summed E-state index contributed by atoms with van der Waals surface area (Å²) < 4.78 is 5.05. The number of nitro groups is 1. The number of non-ortho nitro benzene ring substituents is 1. The van der Waals surface area contributed by atoms with Crippen LogP contribution < -0.4 is 4.90 Å². The number of Topliss-reactive ketones (excluding diaryl/α,β-unsaturated/α-hetero) is 1. The molecule has 0 bridgehead atoms. The van der Waals surface area contributed by atoms with E-state index in [0.717, 1.165) is 4.90 Å². The Morgan fingerprint density at radius 3 is 2.59 bits per heavy atom. The molecule has 1 aliphatic heterocycles. The summed E-state index contributed by atoms with van der Waals surface area (Å²) in [5.41, 5.74) is 0.154. The van der Waals surface area contributed by atoms with Crippen molar-refractivity contribution >= 4 is 34.5 Å². The van der Waals surface area contributed by atoms with Gasteiger partial charge in [-0.1, -0.05) is 11.2 Å². The molecule has 1 atom stereocenters. The van der Waals surface area contributed by atoms with Gasteiger partial charge >= 0.3 is 0 Å². The largest absolute Gasteiger partial charge is 0.503 e. The van der Waals surface area contributed by atoms with Crippen molar-refractivity contribution in [3.8, 4) is 0 Å². The lowest BCUT2D eigenvalue weighted by Gasteiger charge is -2.24. The summed E-state index contributed by atoms with van der Waals surface area (Å²) in [5.74, 6) is -1.44. The molecule has 0 radical (unpaired) electrons. The Kier molecular flexibility index (Phi) is 4.47. The number of aliphatic hydroxyl groups is 1. The van der Waals surface area contributed by atoms with E-state index in [1.807, 2.05) is 0 Å². The SMILES string of the molecule is Cc1cc(N2C(=O)C(O)=C(C(=O)c3cccs3)[C@H]2c2ccc([N+](=O)[O-])cc2)no1. The second-order valence-electron chi connectivity index (χ2n) is 6.29. The molecule has 0 fully saturated rings. The summed E-state index contributed by atoms with van der Waals surface area (Å²) in [7, 11) is 0. The van der Waals surface area contributed by atoms with Crippen LogP contribution in [0.1, 0.15) is 27.0 Å². The van der Waals surface area contributed by atoms with Crippen molar-refractivity contribution in [1.82, 2.24) is 5.16 Å². The van der Waals surface area contributed by atoms with Gasteiger partial charge in [0.15, 0.2) is 11.6 Å². The van der Waals surface area contributed by atoms with Crippen LogP contribution in [0.15, 0.2) is 63.7 Å². The van der Waals surface area contributed by atoms with Gasteiger partial charge in [-0.3, -0.25) is 24.6 Å². The molecule has 9 nitrogen and oxygen atoms in total. The van der Waals surface area contributed by atoms with Crippen LogP contribution in [0.2, 0.25) is 0 Å². The fourth-order valence-corrected chi connectivity index (χ4v) is 3.85. The second-order valence-corrected chi connectivity index (χ2v) is 7.24. The first kappa shape index (κ1) is 18.6. The summed E-state index contributed by atoms with van der Waals surface area (Å²) in [4.78, 5) is 37.8. The van der Waals surface area contributed by atoms with Crippen molar-refractivity contribution < 1.29 is 24.1 Å². The van der Waals surface area contributed by atoms with Crippen molar-refractivity contribution in [2.24, 2.45) is 0 Å². The normalized spacial score (nSPS) is 16.5. The molecule has 3 aromatic rings. The zero-order chi connectivity index (χ0) is 20.7. The first-order valence-corrected chi connectivity index (χ1v) is 9.29. The van der Waals surface area contributed by atoms with E-state index >= 15 is 0 Å². The molecular weight excluding hydrogens is 398 g/mol. The second kappa shape index (κ2) is 6.99. The van der Waals surface area contributed by atoms with Crippen molar-refractivity contribution in [3.63, 3.8) is 0 Å². The highest BCUT2D eigenvalue weighted by atomic mass is 32.1. The van der Waals surface area contributed by atoms with Gasteiger partial charge < -0.3 is 9.63 Å². The van der Waals surface area contributed by atoms with E-state index in [1.165, 1.54) is 41.7 Å².